The van der Waals surface area contributed by atoms with Crippen molar-refractivity contribution in [3.05, 3.63) is 66.9 Å². The summed E-state index contributed by atoms with van der Waals surface area (Å²) in [6.45, 7) is 0.473. The first-order valence-electron chi connectivity index (χ1n) is 8.47. The van der Waals surface area contributed by atoms with Crippen molar-refractivity contribution in [2.24, 2.45) is 17.3 Å². The van der Waals surface area contributed by atoms with Gasteiger partial charge in [0, 0.05) is 31.2 Å². The lowest BCUT2D eigenvalue weighted by Crippen LogP contribution is -1.88. The maximum absolute atomic E-state index is 5.34. The topological polar surface area (TPSA) is 77.5 Å². The van der Waals surface area contributed by atoms with Crippen molar-refractivity contribution in [3.8, 4) is 16.9 Å². The SMILES string of the molecule is COc1cccc(-c2cn(C)c3c(N=NCc4ccncc4)ncnc23)c1. The highest BCUT2D eigenvalue weighted by atomic mass is 16.5. The standard InChI is InChI=1S/C20H18N6O/c1-26-12-17(15-4-3-5-16(10-15)27-2)18-19(26)20(23-13-22-18)25-24-11-14-6-8-21-9-7-14/h3-10,12-13H,11H2,1-2H3. The van der Waals surface area contributed by atoms with Crippen molar-refractivity contribution in [2.75, 3.05) is 7.11 Å². The van der Waals surface area contributed by atoms with Gasteiger partial charge in [-0.25, -0.2) is 9.97 Å². The number of hydrogen-bond donors (Lipinski definition) is 0. The fraction of sp³-hybridized carbons (Fsp3) is 0.150. The van der Waals surface area contributed by atoms with Crippen molar-refractivity contribution >= 4 is 16.9 Å². The number of nitrogens with zero attached hydrogens (tertiary/aromatic N) is 6. The average molecular weight is 358 g/mol. The summed E-state index contributed by atoms with van der Waals surface area (Å²) in [5.74, 6) is 1.35. The minimum Gasteiger partial charge on any atom is -0.497 e. The van der Waals surface area contributed by atoms with Gasteiger partial charge in [0.2, 0.25) is 5.82 Å². The second kappa shape index (κ2) is 7.33. The van der Waals surface area contributed by atoms with Crippen LogP contribution in [-0.4, -0.2) is 26.6 Å². The third kappa shape index (κ3) is 3.39. The number of fused-ring (bicyclic) bond motifs is 1. The van der Waals surface area contributed by atoms with Gasteiger partial charge in [0.25, 0.3) is 0 Å². The Balaban J connectivity index is 1.72. The van der Waals surface area contributed by atoms with Crippen LogP contribution in [0, 0.1) is 0 Å². The van der Waals surface area contributed by atoms with Crippen molar-refractivity contribution in [3.63, 3.8) is 0 Å². The molecule has 3 heterocycles. The normalized spacial score (nSPS) is 11.3. The molecule has 7 heteroatoms. The first-order valence-corrected chi connectivity index (χ1v) is 8.47. The first-order chi connectivity index (χ1) is 13.3. The Labute approximate surface area is 156 Å². The number of hydrogen-bond acceptors (Lipinski definition) is 6. The van der Waals surface area contributed by atoms with Crippen LogP contribution in [0.25, 0.3) is 22.2 Å². The first kappa shape index (κ1) is 16.8. The molecule has 0 saturated carbocycles. The molecule has 0 aliphatic carbocycles. The molecule has 134 valence electrons. The van der Waals surface area contributed by atoms with E-state index in [0.29, 0.717) is 12.4 Å². The van der Waals surface area contributed by atoms with Crippen molar-refractivity contribution < 1.29 is 4.74 Å². The van der Waals surface area contributed by atoms with E-state index in [4.69, 9.17) is 4.74 Å². The summed E-state index contributed by atoms with van der Waals surface area (Å²) >= 11 is 0. The lowest BCUT2D eigenvalue weighted by Gasteiger charge is -2.03. The highest BCUT2D eigenvalue weighted by Gasteiger charge is 2.14. The summed E-state index contributed by atoms with van der Waals surface area (Å²) in [6, 6.07) is 11.7. The predicted molar refractivity (Wildman–Crippen MR) is 103 cm³/mol. The molecule has 0 aliphatic rings. The number of pyridine rings is 1. The maximum atomic E-state index is 5.34. The fourth-order valence-electron chi connectivity index (χ4n) is 2.96. The number of benzene rings is 1. The second-order valence-electron chi connectivity index (χ2n) is 6.04. The lowest BCUT2D eigenvalue weighted by atomic mass is 10.1. The summed E-state index contributed by atoms with van der Waals surface area (Å²) in [4.78, 5) is 12.8. The van der Waals surface area contributed by atoms with E-state index in [0.717, 1.165) is 33.5 Å². The quantitative estimate of drug-likeness (QED) is 0.498. The van der Waals surface area contributed by atoms with Gasteiger partial charge in [-0.05, 0) is 35.4 Å². The van der Waals surface area contributed by atoms with Gasteiger partial charge >= 0.3 is 0 Å². The molecule has 0 amide bonds. The van der Waals surface area contributed by atoms with Crippen LogP contribution in [0.15, 0.2) is 71.5 Å². The summed E-state index contributed by atoms with van der Waals surface area (Å²) in [5, 5.41) is 8.63. The van der Waals surface area contributed by atoms with E-state index in [1.54, 1.807) is 19.5 Å². The number of methoxy groups -OCH3 is 1. The van der Waals surface area contributed by atoms with Crippen molar-refractivity contribution in [1.82, 2.24) is 19.5 Å². The van der Waals surface area contributed by atoms with Crippen LogP contribution in [0.1, 0.15) is 5.56 Å². The maximum Gasteiger partial charge on any atom is 0.201 e. The predicted octanol–water partition coefficient (Wildman–Crippen LogP) is 4.32. The van der Waals surface area contributed by atoms with E-state index in [9.17, 15) is 0 Å². The summed E-state index contributed by atoms with van der Waals surface area (Å²) < 4.78 is 7.31. The van der Waals surface area contributed by atoms with Crippen LogP contribution in [0.2, 0.25) is 0 Å². The zero-order chi connectivity index (χ0) is 18.6. The number of azo groups is 1. The molecule has 0 fully saturated rings. The van der Waals surface area contributed by atoms with Gasteiger partial charge in [-0.15, -0.1) is 5.11 Å². The Morgan fingerprint density at radius 2 is 1.96 bits per heavy atom. The van der Waals surface area contributed by atoms with E-state index in [1.807, 2.05) is 54.2 Å². The molecule has 0 atom stereocenters. The molecule has 0 aliphatic heterocycles. The third-order valence-electron chi connectivity index (χ3n) is 4.28. The molecule has 27 heavy (non-hydrogen) atoms. The molecule has 7 nitrogen and oxygen atoms in total. The van der Waals surface area contributed by atoms with Crippen molar-refractivity contribution in [1.29, 1.82) is 0 Å². The fourth-order valence-corrected chi connectivity index (χ4v) is 2.96. The zero-order valence-electron chi connectivity index (χ0n) is 15.1. The van der Waals surface area contributed by atoms with Gasteiger partial charge in [0.05, 0.1) is 13.7 Å². The summed E-state index contributed by atoms with van der Waals surface area (Å²) in [6.07, 6.45) is 7.03. The van der Waals surface area contributed by atoms with Gasteiger partial charge < -0.3 is 9.30 Å². The molecule has 0 bridgehead atoms. The molecule has 0 N–H and O–H groups in total. The molecular formula is C20H18N6O. The lowest BCUT2D eigenvalue weighted by molar-refractivity contribution is 0.415. The molecule has 0 saturated heterocycles. The van der Waals surface area contributed by atoms with Crippen LogP contribution < -0.4 is 4.74 Å². The highest BCUT2D eigenvalue weighted by molar-refractivity contribution is 5.97. The highest BCUT2D eigenvalue weighted by Crippen LogP contribution is 2.34. The van der Waals surface area contributed by atoms with Crippen LogP contribution in [0.5, 0.6) is 5.75 Å². The Morgan fingerprint density at radius 1 is 1.11 bits per heavy atom. The van der Waals surface area contributed by atoms with Crippen LogP contribution in [0.3, 0.4) is 0 Å². The van der Waals surface area contributed by atoms with Crippen LogP contribution in [-0.2, 0) is 13.6 Å². The second-order valence-corrected chi connectivity index (χ2v) is 6.04. The van der Waals surface area contributed by atoms with Crippen molar-refractivity contribution in [2.45, 2.75) is 6.54 Å². The van der Waals surface area contributed by atoms with Gasteiger partial charge in [0.15, 0.2) is 0 Å². The number of ether oxygens (including phenoxy) is 1. The van der Waals surface area contributed by atoms with E-state index in [-0.39, 0.29) is 0 Å². The molecular weight excluding hydrogens is 340 g/mol. The van der Waals surface area contributed by atoms with Crippen LogP contribution >= 0.6 is 0 Å². The summed E-state index contributed by atoms with van der Waals surface area (Å²) in [7, 11) is 3.61. The number of aryl methyl sites for hydroxylation is 1. The van der Waals surface area contributed by atoms with Gasteiger partial charge in [-0.2, -0.15) is 5.11 Å². The van der Waals surface area contributed by atoms with Gasteiger partial charge in [-0.3, -0.25) is 4.98 Å². The molecule has 0 spiro atoms. The smallest absolute Gasteiger partial charge is 0.201 e. The van der Waals surface area contributed by atoms with E-state index in [1.165, 1.54) is 6.33 Å². The van der Waals surface area contributed by atoms with E-state index >= 15 is 0 Å². The van der Waals surface area contributed by atoms with Gasteiger partial charge in [0.1, 0.15) is 23.1 Å². The molecule has 1 aromatic carbocycles. The molecule has 0 radical (unpaired) electrons. The van der Waals surface area contributed by atoms with Crippen LogP contribution in [0.4, 0.5) is 5.82 Å². The Kier molecular flexibility index (Phi) is 4.57. The number of aromatic nitrogens is 4. The molecule has 4 aromatic rings. The molecule has 3 aromatic heterocycles. The molecule has 4 rings (SSSR count). The van der Waals surface area contributed by atoms with E-state index in [2.05, 4.69) is 25.2 Å². The Morgan fingerprint density at radius 3 is 2.78 bits per heavy atom. The number of rotatable bonds is 5. The molecule has 0 unspecified atom stereocenters. The largest absolute Gasteiger partial charge is 0.497 e. The average Bonchev–Trinajstić information content (AvgIpc) is 3.06. The minimum atomic E-state index is 0.473. The minimum absolute atomic E-state index is 0.473. The Bertz CT molecular complexity index is 1100. The zero-order valence-corrected chi connectivity index (χ0v) is 15.1. The third-order valence-corrected chi connectivity index (χ3v) is 4.28. The summed E-state index contributed by atoms with van der Waals surface area (Å²) in [5.41, 5.74) is 4.74. The van der Waals surface area contributed by atoms with Gasteiger partial charge in [-0.1, -0.05) is 12.1 Å². The van der Waals surface area contributed by atoms with E-state index < -0.39 is 0 Å². The Hall–Kier alpha value is -3.61. The monoisotopic (exact) mass is 358 g/mol.